The first-order valence-corrected chi connectivity index (χ1v) is 7.23. The maximum Gasteiger partial charge on any atom is 0.0483 e. The third kappa shape index (κ3) is 2.28. The van der Waals surface area contributed by atoms with Crippen LogP contribution in [0.4, 0.5) is 0 Å². The van der Waals surface area contributed by atoms with Crippen molar-refractivity contribution in [2.75, 3.05) is 19.6 Å². The van der Waals surface area contributed by atoms with E-state index >= 15 is 0 Å². The minimum absolute atomic E-state index is 0.593. The molecule has 0 unspecified atom stereocenters. The molecule has 1 aliphatic rings. The zero-order valence-corrected chi connectivity index (χ0v) is 11.9. The molecule has 0 saturated carbocycles. The normalized spacial score (nSPS) is 16.2. The van der Waals surface area contributed by atoms with Crippen molar-refractivity contribution in [1.82, 2.24) is 9.47 Å². The van der Waals surface area contributed by atoms with Gasteiger partial charge in [0.15, 0.2) is 0 Å². The average Bonchev–Trinajstić information content (AvgIpc) is 2.75. The van der Waals surface area contributed by atoms with Crippen LogP contribution < -0.4 is 5.73 Å². The van der Waals surface area contributed by atoms with Crippen molar-refractivity contribution < 1.29 is 0 Å². The van der Waals surface area contributed by atoms with Crippen molar-refractivity contribution in [3.8, 4) is 0 Å². The average molecular weight is 257 g/mol. The summed E-state index contributed by atoms with van der Waals surface area (Å²) in [6.07, 6.45) is 0. The van der Waals surface area contributed by atoms with Crippen LogP contribution in [0, 0.1) is 0 Å². The predicted molar refractivity (Wildman–Crippen MR) is 80.4 cm³/mol. The molecule has 1 aromatic carbocycles. The summed E-state index contributed by atoms with van der Waals surface area (Å²) in [7, 11) is 0. The molecule has 0 amide bonds. The Labute approximate surface area is 115 Å². The van der Waals surface area contributed by atoms with E-state index in [9.17, 15) is 0 Å². The van der Waals surface area contributed by atoms with Crippen molar-refractivity contribution in [2.24, 2.45) is 5.73 Å². The molecule has 2 heterocycles. The van der Waals surface area contributed by atoms with Gasteiger partial charge in [-0.1, -0.05) is 19.9 Å². The van der Waals surface area contributed by atoms with Crippen molar-refractivity contribution in [3.63, 3.8) is 0 Å². The van der Waals surface area contributed by atoms with Gasteiger partial charge in [0.1, 0.15) is 0 Å². The minimum atomic E-state index is 0.593. The fourth-order valence-electron chi connectivity index (χ4n) is 3.02. The summed E-state index contributed by atoms with van der Waals surface area (Å²) in [5.74, 6) is 0.593. The highest BCUT2D eigenvalue weighted by molar-refractivity contribution is 5.82. The molecule has 102 valence electrons. The molecule has 3 rings (SSSR count). The van der Waals surface area contributed by atoms with E-state index in [1.807, 2.05) is 0 Å². The molecular formula is C16H23N3. The Bertz CT molecular complexity index is 583. The molecule has 1 aromatic heterocycles. The lowest BCUT2D eigenvalue weighted by Crippen LogP contribution is -2.36. The highest BCUT2D eigenvalue weighted by atomic mass is 15.2. The molecular weight excluding hydrogens is 234 g/mol. The SMILES string of the molecule is CC(C)c1ccc2c(c1)cc1n2CCN(CCN)C1. The van der Waals surface area contributed by atoms with E-state index in [-0.39, 0.29) is 0 Å². The van der Waals surface area contributed by atoms with Crippen LogP contribution in [0.15, 0.2) is 24.3 Å². The molecule has 3 heteroatoms. The third-order valence-electron chi connectivity index (χ3n) is 4.15. The van der Waals surface area contributed by atoms with Crippen LogP contribution in [-0.4, -0.2) is 29.1 Å². The predicted octanol–water partition coefficient (Wildman–Crippen LogP) is 2.54. The molecule has 0 atom stereocenters. The molecule has 19 heavy (non-hydrogen) atoms. The van der Waals surface area contributed by atoms with Gasteiger partial charge in [-0.15, -0.1) is 0 Å². The number of aromatic nitrogens is 1. The minimum Gasteiger partial charge on any atom is -0.342 e. The Balaban J connectivity index is 1.98. The van der Waals surface area contributed by atoms with E-state index in [0.29, 0.717) is 5.92 Å². The lowest BCUT2D eigenvalue weighted by molar-refractivity contribution is 0.229. The summed E-state index contributed by atoms with van der Waals surface area (Å²) in [6.45, 7) is 9.47. The summed E-state index contributed by atoms with van der Waals surface area (Å²) in [6, 6.07) is 9.25. The van der Waals surface area contributed by atoms with E-state index in [2.05, 4.69) is 47.6 Å². The zero-order chi connectivity index (χ0) is 13.4. The molecule has 1 aliphatic heterocycles. The van der Waals surface area contributed by atoms with Gasteiger partial charge in [-0.3, -0.25) is 4.90 Å². The van der Waals surface area contributed by atoms with E-state index in [0.717, 1.165) is 32.7 Å². The van der Waals surface area contributed by atoms with Crippen LogP contribution in [0.5, 0.6) is 0 Å². The van der Waals surface area contributed by atoms with Crippen molar-refractivity contribution in [1.29, 1.82) is 0 Å². The van der Waals surface area contributed by atoms with Gasteiger partial charge in [0.05, 0.1) is 0 Å². The van der Waals surface area contributed by atoms with Gasteiger partial charge in [-0.25, -0.2) is 0 Å². The van der Waals surface area contributed by atoms with Gasteiger partial charge in [0.2, 0.25) is 0 Å². The molecule has 3 nitrogen and oxygen atoms in total. The Kier molecular flexibility index (Phi) is 3.33. The van der Waals surface area contributed by atoms with E-state index in [1.165, 1.54) is 22.2 Å². The highest BCUT2D eigenvalue weighted by Gasteiger charge is 2.18. The van der Waals surface area contributed by atoms with Crippen LogP contribution in [0.3, 0.4) is 0 Å². The van der Waals surface area contributed by atoms with Gasteiger partial charge in [0, 0.05) is 49.3 Å². The smallest absolute Gasteiger partial charge is 0.0483 e. The molecule has 0 spiro atoms. The Morgan fingerprint density at radius 2 is 2.05 bits per heavy atom. The molecule has 2 aromatic rings. The standard InChI is InChI=1S/C16H23N3/c1-12(2)13-3-4-16-14(9-13)10-15-11-18(6-5-17)7-8-19(15)16/h3-4,9-10,12H,5-8,11,17H2,1-2H3. The van der Waals surface area contributed by atoms with Crippen LogP contribution in [0.25, 0.3) is 10.9 Å². The first-order chi connectivity index (χ1) is 9.19. The van der Waals surface area contributed by atoms with Crippen LogP contribution >= 0.6 is 0 Å². The Hall–Kier alpha value is -1.32. The topological polar surface area (TPSA) is 34.2 Å². The maximum absolute atomic E-state index is 5.66. The fourth-order valence-corrected chi connectivity index (χ4v) is 3.02. The van der Waals surface area contributed by atoms with Crippen LogP contribution in [0.2, 0.25) is 0 Å². The number of benzene rings is 1. The lowest BCUT2D eigenvalue weighted by atomic mass is 10.0. The fraction of sp³-hybridized carbons (Fsp3) is 0.500. The Morgan fingerprint density at radius 1 is 1.21 bits per heavy atom. The number of rotatable bonds is 3. The summed E-state index contributed by atoms with van der Waals surface area (Å²) < 4.78 is 2.46. The second-order valence-electron chi connectivity index (χ2n) is 5.83. The van der Waals surface area contributed by atoms with Gasteiger partial charge < -0.3 is 10.3 Å². The maximum atomic E-state index is 5.66. The van der Waals surface area contributed by atoms with Crippen molar-refractivity contribution >= 4 is 10.9 Å². The van der Waals surface area contributed by atoms with Gasteiger partial charge in [-0.05, 0) is 29.7 Å². The van der Waals surface area contributed by atoms with Gasteiger partial charge >= 0.3 is 0 Å². The van der Waals surface area contributed by atoms with Gasteiger partial charge in [0.25, 0.3) is 0 Å². The number of fused-ring (bicyclic) bond motifs is 3. The summed E-state index contributed by atoms with van der Waals surface area (Å²) in [5, 5.41) is 1.38. The Morgan fingerprint density at radius 3 is 2.79 bits per heavy atom. The van der Waals surface area contributed by atoms with Crippen molar-refractivity contribution in [2.45, 2.75) is 32.9 Å². The molecule has 0 fully saturated rings. The van der Waals surface area contributed by atoms with Crippen LogP contribution in [0.1, 0.15) is 31.0 Å². The first-order valence-electron chi connectivity index (χ1n) is 7.23. The third-order valence-corrected chi connectivity index (χ3v) is 4.15. The number of hydrogen-bond acceptors (Lipinski definition) is 2. The summed E-state index contributed by atoms with van der Waals surface area (Å²) >= 11 is 0. The summed E-state index contributed by atoms with van der Waals surface area (Å²) in [5.41, 5.74) is 9.89. The molecule has 2 N–H and O–H groups in total. The number of hydrogen-bond donors (Lipinski definition) is 1. The van der Waals surface area contributed by atoms with E-state index < -0.39 is 0 Å². The quantitative estimate of drug-likeness (QED) is 0.917. The van der Waals surface area contributed by atoms with Gasteiger partial charge in [-0.2, -0.15) is 0 Å². The molecule has 0 aliphatic carbocycles. The number of nitrogens with zero attached hydrogens (tertiary/aromatic N) is 2. The zero-order valence-electron chi connectivity index (χ0n) is 11.9. The highest BCUT2D eigenvalue weighted by Crippen LogP contribution is 2.27. The summed E-state index contributed by atoms with van der Waals surface area (Å²) in [4.78, 5) is 2.44. The second kappa shape index (κ2) is 4.99. The lowest BCUT2D eigenvalue weighted by Gasteiger charge is -2.28. The molecule has 0 radical (unpaired) electrons. The second-order valence-corrected chi connectivity index (χ2v) is 5.83. The first kappa shape index (κ1) is 12.7. The van der Waals surface area contributed by atoms with E-state index in [4.69, 9.17) is 5.73 Å². The number of nitrogens with two attached hydrogens (primary N) is 1. The largest absolute Gasteiger partial charge is 0.342 e. The monoisotopic (exact) mass is 257 g/mol. The van der Waals surface area contributed by atoms with E-state index in [1.54, 1.807) is 0 Å². The molecule has 0 bridgehead atoms. The van der Waals surface area contributed by atoms with Crippen molar-refractivity contribution in [3.05, 3.63) is 35.5 Å². The molecule has 0 saturated heterocycles. The van der Waals surface area contributed by atoms with Crippen LogP contribution in [-0.2, 0) is 13.1 Å².